The fourth-order valence-electron chi connectivity index (χ4n) is 1.46. The van der Waals surface area contributed by atoms with Gasteiger partial charge in [-0.05, 0) is 39.0 Å². The van der Waals surface area contributed by atoms with Crippen molar-refractivity contribution in [3.63, 3.8) is 0 Å². The fourth-order valence-corrected chi connectivity index (χ4v) is 1.46. The zero-order valence-electron chi connectivity index (χ0n) is 11.9. The maximum absolute atomic E-state index is 11.9. The van der Waals surface area contributed by atoms with Gasteiger partial charge in [-0.2, -0.15) is 0 Å². The van der Waals surface area contributed by atoms with Crippen molar-refractivity contribution in [3.8, 4) is 0 Å². The van der Waals surface area contributed by atoms with Gasteiger partial charge < -0.3 is 20.5 Å². The van der Waals surface area contributed by atoms with Gasteiger partial charge in [0.15, 0.2) is 0 Å². The van der Waals surface area contributed by atoms with E-state index in [2.05, 4.69) is 5.32 Å². The molecule has 3 N–H and O–H groups in total. The zero-order valence-corrected chi connectivity index (χ0v) is 11.9. The van der Waals surface area contributed by atoms with Gasteiger partial charge in [0.1, 0.15) is 5.60 Å². The molecule has 5 heteroatoms. The minimum atomic E-state index is -0.512. The first-order valence-electron chi connectivity index (χ1n) is 6.19. The summed E-state index contributed by atoms with van der Waals surface area (Å²) in [5.74, 6) is -0.359. The topological polar surface area (TPSA) is 73.6 Å². The molecule has 106 valence electrons. The SMILES string of the molecule is COCCNc1cc(C(=O)OC(C)(C)C)ccc1N. The number of nitrogens with two attached hydrogens (primary N) is 1. The Morgan fingerprint density at radius 1 is 1.37 bits per heavy atom. The molecule has 0 aliphatic heterocycles. The molecule has 1 aromatic carbocycles. The summed E-state index contributed by atoms with van der Waals surface area (Å²) in [6.45, 7) is 6.69. The number of carbonyl (C=O) groups is 1. The number of esters is 1. The molecule has 0 amide bonds. The molecule has 19 heavy (non-hydrogen) atoms. The number of rotatable bonds is 5. The molecule has 0 heterocycles. The van der Waals surface area contributed by atoms with Crippen LogP contribution in [-0.2, 0) is 9.47 Å². The van der Waals surface area contributed by atoms with Crippen molar-refractivity contribution in [2.24, 2.45) is 0 Å². The summed E-state index contributed by atoms with van der Waals surface area (Å²) in [5.41, 5.74) is 7.10. The first-order chi connectivity index (χ1) is 8.83. The van der Waals surface area contributed by atoms with Crippen molar-refractivity contribution < 1.29 is 14.3 Å². The molecular weight excluding hydrogens is 244 g/mol. The Kier molecular flexibility index (Phi) is 5.18. The first-order valence-corrected chi connectivity index (χ1v) is 6.19. The van der Waals surface area contributed by atoms with E-state index >= 15 is 0 Å². The number of hydrogen-bond donors (Lipinski definition) is 2. The highest BCUT2D eigenvalue weighted by Gasteiger charge is 2.18. The van der Waals surface area contributed by atoms with E-state index in [1.54, 1.807) is 25.3 Å². The Morgan fingerprint density at radius 3 is 2.63 bits per heavy atom. The molecule has 0 radical (unpaired) electrons. The molecule has 0 saturated carbocycles. The van der Waals surface area contributed by atoms with E-state index in [4.69, 9.17) is 15.2 Å². The van der Waals surface area contributed by atoms with Crippen molar-refractivity contribution in [2.75, 3.05) is 31.3 Å². The van der Waals surface area contributed by atoms with E-state index < -0.39 is 5.60 Å². The Balaban J connectivity index is 2.80. The highest BCUT2D eigenvalue weighted by Crippen LogP contribution is 2.21. The predicted octanol–water partition coefficient (Wildman–Crippen LogP) is 2.28. The van der Waals surface area contributed by atoms with E-state index in [-0.39, 0.29) is 5.97 Å². The van der Waals surface area contributed by atoms with Crippen molar-refractivity contribution in [2.45, 2.75) is 26.4 Å². The van der Waals surface area contributed by atoms with Crippen LogP contribution in [0.1, 0.15) is 31.1 Å². The van der Waals surface area contributed by atoms with Crippen LogP contribution in [0.2, 0.25) is 0 Å². The molecule has 0 atom stereocenters. The van der Waals surface area contributed by atoms with E-state index in [0.29, 0.717) is 30.1 Å². The number of anilines is 2. The van der Waals surface area contributed by atoms with Crippen LogP contribution in [0.25, 0.3) is 0 Å². The van der Waals surface area contributed by atoms with Gasteiger partial charge in [-0.3, -0.25) is 0 Å². The second-order valence-electron chi connectivity index (χ2n) is 5.22. The second-order valence-corrected chi connectivity index (χ2v) is 5.22. The van der Waals surface area contributed by atoms with Crippen LogP contribution in [0.3, 0.4) is 0 Å². The largest absolute Gasteiger partial charge is 0.456 e. The third-order valence-corrected chi connectivity index (χ3v) is 2.31. The van der Waals surface area contributed by atoms with Gasteiger partial charge in [-0.15, -0.1) is 0 Å². The summed E-state index contributed by atoms with van der Waals surface area (Å²) < 4.78 is 10.3. The second kappa shape index (κ2) is 6.43. The Labute approximate surface area is 114 Å². The number of nitrogens with one attached hydrogen (secondary N) is 1. The monoisotopic (exact) mass is 266 g/mol. The summed E-state index contributed by atoms with van der Waals surface area (Å²) >= 11 is 0. The van der Waals surface area contributed by atoms with Crippen LogP contribution >= 0.6 is 0 Å². The molecular formula is C14H22N2O3. The van der Waals surface area contributed by atoms with Gasteiger partial charge in [0.05, 0.1) is 23.5 Å². The molecule has 0 aliphatic carbocycles. The fraction of sp³-hybridized carbons (Fsp3) is 0.500. The van der Waals surface area contributed by atoms with Crippen LogP contribution in [0.5, 0.6) is 0 Å². The third kappa shape index (κ3) is 5.18. The smallest absolute Gasteiger partial charge is 0.338 e. The van der Waals surface area contributed by atoms with E-state index in [1.165, 1.54) is 0 Å². The van der Waals surface area contributed by atoms with Gasteiger partial charge in [0.2, 0.25) is 0 Å². The summed E-state index contributed by atoms with van der Waals surface area (Å²) in [7, 11) is 1.63. The quantitative estimate of drug-likeness (QED) is 0.486. The molecule has 0 aromatic heterocycles. The number of hydrogen-bond acceptors (Lipinski definition) is 5. The molecule has 0 unspecified atom stereocenters. The maximum atomic E-state index is 11.9. The summed E-state index contributed by atoms with van der Waals surface area (Å²) in [6.07, 6.45) is 0. The van der Waals surface area contributed by atoms with Crippen LogP contribution in [0, 0.1) is 0 Å². The van der Waals surface area contributed by atoms with E-state index in [1.807, 2.05) is 20.8 Å². The standard InChI is InChI=1S/C14H22N2O3/c1-14(2,3)19-13(17)10-5-6-11(15)12(9-10)16-7-8-18-4/h5-6,9,16H,7-8,15H2,1-4H3. The lowest BCUT2D eigenvalue weighted by molar-refractivity contribution is 0.00696. The number of benzene rings is 1. The Hall–Kier alpha value is -1.75. The van der Waals surface area contributed by atoms with Crippen LogP contribution in [-0.4, -0.2) is 31.8 Å². The number of nitrogen functional groups attached to an aromatic ring is 1. The molecule has 1 rings (SSSR count). The summed E-state index contributed by atoms with van der Waals surface area (Å²) in [4.78, 5) is 11.9. The van der Waals surface area contributed by atoms with E-state index in [9.17, 15) is 4.79 Å². The van der Waals surface area contributed by atoms with Gasteiger partial charge in [-0.1, -0.05) is 0 Å². The average molecular weight is 266 g/mol. The lowest BCUT2D eigenvalue weighted by Gasteiger charge is -2.20. The lowest BCUT2D eigenvalue weighted by atomic mass is 10.1. The van der Waals surface area contributed by atoms with Crippen LogP contribution in [0.4, 0.5) is 11.4 Å². The molecule has 1 aromatic rings. The molecule has 0 saturated heterocycles. The normalized spacial score (nSPS) is 11.2. The van der Waals surface area contributed by atoms with Gasteiger partial charge in [0.25, 0.3) is 0 Å². The minimum Gasteiger partial charge on any atom is -0.456 e. The number of ether oxygens (including phenoxy) is 2. The molecule has 0 fully saturated rings. The van der Waals surface area contributed by atoms with Crippen molar-refractivity contribution in [1.29, 1.82) is 0 Å². The number of carbonyl (C=O) groups excluding carboxylic acids is 1. The average Bonchev–Trinajstić information content (AvgIpc) is 2.29. The number of methoxy groups -OCH3 is 1. The summed E-state index contributed by atoms with van der Waals surface area (Å²) in [5, 5.41) is 3.11. The molecule has 0 bridgehead atoms. The Morgan fingerprint density at radius 2 is 2.05 bits per heavy atom. The van der Waals surface area contributed by atoms with Gasteiger partial charge in [0, 0.05) is 13.7 Å². The predicted molar refractivity (Wildman–Crippen MR) is 76.4 cm³/mol. The summed E-state index contributed by atoms with van der Waals surface area (Å²) in [6, 6.07) is 5.04. The highest BCUT2D eigenvalue weighted by molar-refractivity contribution is 5.92. The molecule has 0 aliphatic rings. The highest BCUT2D eigenvalue weighted by atomic mass is 16.6. The van der Waals surface area contributed by atoms with Crippen LogP contribution < -0.4 is 11.1 Å². The zero-order chi connectivity index (χ0) is 14.5. The van der Waals surface area contributed by atoms with Gasteiger partial charge >= 0.3 is 5.97 Å². The minimum absolute atomic E-state index is 0.359. The molecule has 0 spiro atoms. The van der Waals surface area contributed by atoms with Crippen LogP contribution in [0.15, 0.2) is 18.2 Å². The van der Waals surface area contributed by atoms with Crippen molar-refractivity contribution in [1.82, 2.24) is 0 Å². The van der Waals surface area contributed by atoms with Crippen molar-refractivity contribution >= 4 is 17.3 Å². The third-order valence-electron chi connectivity index (χ3n) is 2.31. The Bertz CT molecular complexity index is 439. The van der Waals surface area contributed by atoms with Crippen molar-refractivity contribution in [3.05, 3.63) is 23.8 Å². The first kappa shape index (κ1) is 15.3. The van der Waals surface area contributed by atoms with E-state index in [0.717, 1.165) is 0 Å². The maximum Gasteiger partial charge on any atom is 0.338 e. The molecule has 5 nitrogen and oxygen atoms in total. The van der Waals surface area contributed by atoms with Gasteiger partial charge in [-0.25, -0.2) is 4.79 Å². The lowest BCUT2D eigenvalue weighted by Crippen LogP contribution is -2.24.